The lowest BCUT2D eigenvalue weighted by Gasteiger charge is -2.19. The average Bonchev–Trinajstić information content (AvgIpc) is 3.18. The highest BCUT2D eigenvalue weighted by Crippen LogP contribution is 2.43. The molecule has 1 fully saturated rings. The smallest absolute Gasteiger partial charge is 0.418 e. The van der Waals surface area contributed by atoms with E-state index in [0.717, 1.165) is 22.7 Å². The number of hydrogen-bond donors (Lipinski definition) is 1. The molecule has 4 rings (SSSR count). The van der Waals surface area contributed by atoms with E-state index < -0.39 is 17.6 Å². The van der Waals surface area contributed by atoms with Crippen LogP contribution in [0.1, 0.15) is 11.1 Å². The van der Waals surface area contributed by atoms with Crippen molar-refractivity contribution in [2.75, 3.05) is 11.7 Å². The predicted molar refractivity (Wildman–Crippen MR) is 102 cm³/mol. The molecule has 2 heterocycles. The van der Waals surface area contributed by atoms with Crippen molar-refractivity contribution in [1.29, 1.82) is 5.41 Å². The predicted octanol–water partition coefficient (Wildman–Crippen LogP) is 5.25. The molecule has 10 heteroatoms. The number of amidine groups is 1. The molecule has 0 aromatic heterocycles. The highest BCUT2D eigenvalue weighted by molar-refractivity contribution is 9.10. The maximum absolute atomic E-state index is 13.3. The number of amides is 1. The number of nitrogens with zero attached hydrogens (tertiary/aromatic N) is 1. The van der Waals surface area contributed by atoms with E-state index in [1.807, 2.05) is 0 Å². The summed E-state index contributed by atoms with van der Waals surface area (Å²) in [7, 11) is 0. The lowest BCUT2D eigenvalue weighted by Crippen LogP contribution is -2.30. The van der Waals surface area contributed by atoms with Crippen LogP contribution in [-0.2, 0) is 11.0 Å². The molecule has 5 nitrogen and oxygen atoms in total. The summed E-state index contributed by atoms with van der Waals surface area (Å²) in [6, 6.07) is 8.03. The average molecular weight is 471 g/mol. The molecule has 1 saturated heterocycles. The van der Waals surface area contributed by atoms with Crippen molar-refractivity contribution in [2.45, 2.75) is 6.18 Å². The molecule has 144 valence electrons. The summed E-state index contributed by atoms with van der Waals surface area (Å²) in [6.45, 7) is 0.0854. The Morgan fingerprint density at radius 3 is 2.57 bits per heavy atom. The van der Waals surface area contributed by atoms with Crippen LogP contribution >= 0.6 is 27.7 Å². The molecular weight excluding hydrogens is 461 g/mol. The number of rotatable bonds is 2. The number of carbonyl (C=O) groups excluding carboxylic acids is 1. The van der Waals surface area contributed by atoms with Gasteiger partial charge in [-0.05, 0) is 47.7 Å². The van der Waals surface area contributed by atoms with E-state index in [4.69, 9.17) is 14.9 Å². The summed E-state index contributed by atoms with van der Waals surface area (Å²) >= 11 is 4.17. The first kappa shape index (κ1) is 18.9. The van der Waals surface area contributed by atoms with E-state index in [-0.39, 0.29) is 22.6 Å². The number of nitrogens with one attached hydrogen (secondary N) is 1. The van der Waals surface area contributed by atoms with Gasteiger partial charge in [0, 0.05) is 4.47 Å². The molecule has 1 amide bonds. The summed E-state index contributed by atoms with van der Waals surface area (Å²) in [5, 5.41) is 7.75. The zero-order valence-electron chi connectivity index (χ0n) is 13.8. The number of benzene rings is 2. The van der Waals surface area contributed by atoms with Gasteiger partial charge in [0.1, 0.15) is 0 Å². The molecule has 1 N–H and O–H groups in total. The molecule has 0 saturated carbocycles. The molecule has 28 heavy (non-hydrogen) atoms. The van der Waals surface area contributed by atoms with Crippen molar-refractivity contribution in [1.82, 2.24) is 0 Å². The van der Waals surface area contributed by atoms with Crippen molar-refractivity contribution in [3.63, 3.8) is 0 Å². The highest BCUT2D eigenvalue weighted by Gasteiger charge is 2.40. The Hall–Kier alpha value is -2.46. The second kappa shape index (κ2) is 6.85. The third-order valence-corrected chi connectivity index (χ3v) is 5.63. The molecule has 2 aromatic rings. The summed E-state index contributed by atoms with van der Waals surface area (Å²) in [5.41, 5.74) is -0.760. The summed E-state index contributed by atoms with van der Waals surface area (Å²) in [6.07, 6.45) is -3.14. The minimum atomic E-state index is -4.64. The topological polar surface area (TPSA) is 62.6 Å². The third-order valence-electron chi connectivity index (χ3n) is 4.05. The lowest BCUT2D eigenvalue weighted by atomic mass is 10.1. The Morgan fingerprint density at radius 2 is 1.86 bits per heavy atom. The molecule has 0 bridgehead atoms. The molecule has 2 aromatic carbocycles. The van der Waals surface area contributed by atoms with Crippen molar-refractivity contribution >= 4 is 50.5 Å². The van der Waals surface area contributed by atoms with E-state index in [1.54, 1.807) is 12.1 Å². The SMILES string of the molecule is N=C1SC(=Cc2cc3c(cc2Br)OCO3)C(=O)N1c1ccccc1C(F)(F)F. The minimum absolute atomic E-state index is 0.0854. The first-order chi connectivity index (χ1) is 13.3. The molecule has 0 spiro atoms. The second-order valence-corrected chi connectivity index (χ2v) is 7.68. The number of carbonyl (C=O) groups is 1. The number of alkyl halides is 3. The highest BCUT2D eigenvalue weighted by atomic mass is 79.9. The van der Waals surface area contributed by atoms with Crippen LogP contribution < -0.4 is 14.4 Å². The van der Waals surface area contributed by atoms with Gasteiger partial charge in [-0.25, -0.2) is 0 Å². The van der Waals surface area contributed by atoms with Gasteiger partial charge in [0.2, 0.25) is 6.79 Å². The third kappa shape index (κ3) is 3.26. The van der Waals surface area contributed by atoms with Crippen LogP contribution in [0.2, 0.25) is 0 Å². The zero-order chi connectivity index (χ0) is 20.1. The van der Waals surface area contributed by atoms with Gasteiger partial charge in [-0.1, -0.05) is 28.1 Å². The Morgan fingerprint density at radius 1 is 1.18 bits per heavy atom. The van der Waals surface area contributed by atoms with E-state index in [2.05, 4.69) is 15.9 Å². The summed E-state index contributed by atoms with van der Waals surface area (Å²) in [4.78, 5) is 13.7. The number of thioether (sulfide) groups is 1. The Bertz CT molecular complexity index is 1040. The van der Waals surface area contributed by atoms with Gasteiger partial charge in [-0.2, -0.15) is 13.2 Å². The van der Waals surface area contributed by atoms with Crippen LogP contribution in [0.5, 0.6) is 11.5 Å². The summed E-state index contributed by atoms with van der Waals surface area (Å²) < 4.78 is 51.2. The number of hydrogen-bond acceptors (Lipinski definition) is 5. The van der Waals surface area contributed by atoms with Crippen LogP contribution in [0.15, 0.2) is 45.8 Å². The van der Waals surface area contributed by atoms with E-state index in [1.165, 1.54) is 24.3 Å². The van der Waals surface area contributed by atoms with Crippen molar-refractivity contribution in [3.05, 3.63) is 56.9 Å². The largest absolute Gasteiger partial charge is 0.454 e. The fourth-order valence-electron chi connectivity index (χ4n) is 2.80. The molecular formula is C18H10BrF3N2O3S. The van der Waals surface area contributed by atoms with Gasteiger partial charge >= 0.3 is 6.18 Å². The number of fused-ring (bicyclic) bond motifs is 1. The van der Waals surface area contributed by atoms with Gasteiger partial charge in [0.25, 0.3) is 5.91 Å². The zero-order valence-corrected chi connectivity index (χ0v) is 16.2. The van der Waals surface area contributed by atoms with Gasteiger partial charge in [0.05, 0.1) is 16.2 Å². The molecule has 0 aliphatic carbocycles. The van der Waals surface area contributed by atoms with Crippen LogP contribution in [0.25, 0.3) is 6.08 Å². The van der Waals surface area contributed by atoms with Gasteiger partial charge in [-0.3, -0.25) is 15.1 Å². The number of halogens is 4. The Labute approximate surface area is 169 Å². The monoisotopic (exact) mass is 470 g/mol. The Balaban J connectivity index is 1.73. The maximum Gasteiger partial charge on any atom is 0.418 e. The number of anilines is 1. The number of ether oxygens (including phenoxy) is 2. The fraction of sp³-hybridized carbons (Fsp3) is 0.111. The Kier molecular flexibility index (Phi) is 4.62. The van der Waals surface area contributed by atoms with E-state index >= 15 is 0 Å². The minimum Gasteiger partial charge on any atom is -0.454 e. The standard InChI is InChI=1S/C18H10BrF3N2O3S/c19-11-7-14-13(26-8-27-14)5-9(11)6-15-16(25)24(17(23)28-15)12-4-2-1-3-10(12)18(20,21)22/h1-7,23H,8H2. The molecule has 2 aliphatic heterocycles. The van der Waals surface area contributed by atoms with E-state index in [9.17, 15) is 18.0 Å². The second-order valence-electron chi connectivity index (χ2n) is 5.80. The first-order valence-corrected chi connectivity index (χ1v) is 9.44. The molecule has 2 aliphatic rings. The quantitative estimate of drug-likeness (QED) is 0.608. The maximum atomic E-state index is 13.3. The van der Waals surface area contributed by atoms with Crippen molar-refractivity contribution in [3.8, 4) is 11.5 Å². The van der Waals surface area contributed by atoms with Gasteiger partial charge in [-0.15, -0.1) is 0 Å². The normalized spacial score (nSPS) is 17.7. The molecule has 0 radical (unpaired) electrons. The van der Waals surface area contributed by atoms with Gasteiger partial charge < -0.3 is 9.47 Å². The van der Waals surface area contributed by atoms with Crippen LogP contribution in [-0.4, -0.2) is 17.9 Å². The summed E-state index contributed by atoms with van der Waals surface area (Å²) in [5.74, 6) is 0.351. The van der Waals surface area contributed by atoms with Crippen molar-refractivity contribution in [2.24, 2.45) is 0 Å². The van der Waals surface area contributed by atoms with Crippen LogP contribution in [0.3, 0.4) is 0 Å². The van der Waals surface area contributed by atoms with Crippen LogP contribution in [0.4, 0.5) is 18.9 Å². The van der Waals surface area contributed by atoms with E-state index in [0.29, 0.717) is 21.5 Å². The molecule has 0 atom stereocenters. The fourth-order valence-corrected chi connectivity index (χ4v) is 4.08. The van der Waals surface area contributed by atoms with Crippen LogP contribution in [0, 0.1) is 5.41 Å². The van der Waals surface area contributed by atoms with Gasteiger partial charge in [0.15, 0.2) is 16.7 Å². The number of para-hydroxylation sites is 1. The molecule has 0 unspecified atom stereocenters. The van der Waals surface area contributed by atoms with Crippen molar-refractivity contribution < 1.29 is 27.4 Å². The lowest BCUT2D eigenvalue weighted by molar-refractivity contribution is -0.137. The first-order valence-electron chi connectivity index (χ1n) is 7.83.